The molecule has 8 nitrogen and oxygen atoms in total. The topological polar surface area (TPSA) is 94.2 Å². The van der Waals surface area contributed by atoms with E-state index in [1.165, 1.54) is 0 Å². The van der Waals surface area contributed by atoms with Crippen LogP contribution >= 0.6 is 0 Å². The molecule has 0 atom stereocenters. The minimum absolute atomic E-state index is 0.0176. The number of anilines is 1. The summed E-state index contributed by atoms with van der Waals surface area (Å²) in [5.74, 6) is 0.695. The summed E-state index contributed by atoms with van der Waals surface area (Å²) >= 11 is 0. The van der Waals surface area contributed by atoms with Crippen molar-refractivity contribution in [3.05, 3.63) is 54.7 Å². The predicted octanol–water partition coefficient (Wildman–Crippen LogP) is 1.71. The molecule has 0 aliphatic carbocycles. The maximum absolute atomic E-state index is 11.9. The average Bonchev–Trinajstić information content (AvgIpc) is 3.10. The molecule has 0 bridgehead atoms. The predicted molar refractivity (Wildman–Crippen MR) is 84.8 cm³/mol. The Hall–Kier alpha value is -3.29. The molecule has 2 aromatic heterocycles. The third-order valence-electron chi connectivity index (χ3n) is 3.12. The number of rotatable bonds is 6. The Morgan fingerprint density at radius 2 is 1.92 bits per heavy atom. The summed E-state index contributed by atoms with van der Waals surface area (Å²) < 4.78 is 10.2. The number of carbonyl (C=O) groups excluding carboxylic acids is 1. The van der Waals surface area contributed by atoms with E-state index in [1.54, 1.807) is 30.4 Å². The summed E-state index contributed by atoms with van der Waals surface area (Å²) in [7, 11) is 1.71. The monoisotopic (exact) mass is 325 g/mol. The van der Waals surface area contributed by atoms with Gasteiger partial charge in [-0.15, -0.1) is 0 Å². The van der Waals surface area contributed by atoms with Gasteiger partial charge < -0.3 is 14.2 Å². The van der Waals surface area contributed by atoms with Crippen LogP contribution in [0.5, 0.6) is 0 Å². The van der Waals surface area contributed by atoms with Crippen molar-refractivity contribution in [2.45, 2.75) is 6.61 Å². The zero-order chi connectivity index (χ0) is 16.8. The van der Waals surface area contributed by atoms with Crippen LogP contribution in [0.3, 0.4) is 0 Å². The second-order valence-electron chi connectivity index (χ2n) is 4.94. The smallest absolute Gasteiger partial charge is 0.326 e. The Morgan fingerprint density at radius 3 is 2.67 bits per heavy atom. The summed E-state index contributed by atoms with van der Waals surface area (Å²) in [5.41, 5.74) is 0.833. The van der Waals surface area contributed by atoms with Gasteiger partial charge in [-0.05, 0) is 6.07 Å². The highest BCUT2D eigenvalue weighted by molar-refractivity contribution is 5.74. The molecule has 0 amide bonds. The van der Waals surface area contributed by atoms with Gasteiger partial charge in [0, 0.05) is 25.0 Å². The number of hydrogen-bond acceptors (Lipinski definition) is 8. The normalized spacial score (nSPS) is 10.4. The molecular formula is C16H15N5O3. The molecule has 24 heavy (non-hydrogen) atoms. The van der Waals surface area contributed by atoms with E-state index in [1.807, 2.05) is 30.3 Å². The summed E-state index contributed by atoms with van der Waals surface area (Å²) in [6.07, 6.45) is 3.21. The van der Waals surface area contributed by atoms with Gasteiger partial charge in [0.2, 0.25) is 11.8 Å². The Balaban J connectivity index is 1.53. The van der Waals surface area contributed by atoms with E-state index in [0.717, 1.165) is 5.56 Å². The second-order valence-corrected chi connectivity index (χ2v) is 4.94. The highest BCUT2D eigenvalue weighted by atomic mass is 16.6. The Labute approximate surface area is 138 Å². The second kappa shape index (κ2) is 7.32. The highest BCUT2D eigenvalue weighted by Gasteiger charge is 2.13. The standard InChI is InChI=1S/C16H15N5O3/c1-21(16-17-8-5-9-18-16)10-14(22)23-11-13-19-15(20-24-13)12-6-3-2-4-7-12/h2-9H,10-11H2,1H3. The first-order valence-electron chi connectivity index (χ1n) is 7.24. The van der Waals surface area contributed by atoms with Crippen LogP contribution in [0.25, 0.3) is 11.4 Å². The van der Waals surface area contributed by atoms with E-state index in [4.69, 9.17) is 9.26 Å². The van der Waals surface area contributed by atoms with Gasteiger partial charge in [0.25, 0.3) is 5.89 Å². The van der Waals surface area contributed by atoms with Crippen molar-refractivity contribution in [3.63, 3.8) is 0 Å². The third-order valence-corrected chi connectivity index (χ3v) is 3.12. The number of esters is 1. The van der Waals surface area contributed by atoms with Crippen molar-refractivity contribution in [1.82, 2.24) is 20.1 Å². The van der Waals surface area contributed by atoms with Crippen LogP contribution in [-0.4, -0.2) is 39.7 Å². The average molecular weight is 325 g/mol. The minimum atomic E-state index is -0.440. The molecule has 1 aromatic carbocycles. The largest absolute Gasteiger partial charge is 0.454 e. The van der Waals surface area contributed by atoms with Gasteiger partial charge in [-0.25, -0.2) is 9.97 Å². The summed E-state index contributed by atoms with van der Waals surface area (Å²) in [4.78, 5) is 25.8. The molecule has 0 spiro atoms. The third kappa shape index (κ3) is 3.92. The van der Waals surface area contributed by atoms with Crippen molar-refractivity contribution < 1.29 is 14.1 Å². The lowest BCUT2D eigenvalue weighted by Gasteiger charge is -2.14. The lowest BCUT2D eigenvalue weighted by molar-refractivity contribution is -0.144. The molecule has 0 saturated heterocycles. The lowest BCUT2D eigenvalue weighted by atomic mass is 10.2. The quantitative estimate of drug-likeness (QED) is 0.632. The zero-order valence-corrected chi connectivity index (χ0v) is 13.0. The van der Waals surface area contributed by atoms with Crippen LogP contribution in [0, 0.1) is 0 Å². The van der Waals surface area contributed by atoms with E-state index in [-0.39, 0.29) is 19.0 Å². The molecule has 122 valence electrons. The molecule has 0 aliphatic rings. The first-order chi connectivity index (χ1) is 11.7. The fourth-order valence-corrected chi connectivity index (χ4v) is 1.96. The summed E-state index contributed by atoms with van der Waals surface area (Å²) in [5, 5.41) is 3.87. The molecule has 0 aliphatic heterocycles. The lowest BCUT2D eigenvalue weighted by Crippen LogP contribution is -2.28. The number of likely N-dealkylation sites (N-methyl/N-ethyl adjacent to an activating group) is 1. The van der Waals surface area contributed by atoms with Crippen LogP contribution in [-0.2, 0) is 16.1 Å². The van der Waals surface area contributed by atoms with Crippen LogP contribution in [0.2, 0.25) is 0 Å². The molecule has 2 heterocycles. The molecule has 0 radical (unpaired) electrons. The van der Waals surface area contributed by atoms with Crippen molar-refractivity contribution in [1.29, 1.82) is 0 Å². The number of benzene rings is 1. The van der Waals surface area contributed by atoms with E-state index in [9.17, 15) is 4.79 Å². The maximum Gasteiger partial charge on any atom is 0.326 e. The van der Waals surface area contributed by atoms with Crippen molar-refractivity contribution in [3.8, 4) is 11.4 Å². The fourth-order valence-electron chi connectivity index (χ4n) is 1.96. The summed E-state index contributed by atoms with van der Waals surface area (Å²) in [6.45, 7) is -0.0636. The molecular weight excluding hydrogens is 310 g/mol. The van der Waals surface area contributed by atoms with Gasteiger partial charge in [0.05, 0.1) is 0 Å². The number of ether oxygens (including phenoxy) is 1. The van der Waals surface area contributed by atoms with Gasteiger partial charge in [-0.2, -0.15) is 4.98 Å². The summed E-state index contributed by atoms with van der Waals surface area (Å²) in [6, 6.07) is 11.1. The molecule has 3 rings (SSSR count). The highest BCUT2D eigenvalue weighted by Crippen LogP contribution is 2.15. The maximum atomic E-state index is 11.9. The van der Waals surface area contributed by atoms with E-state index < -0.39 is 5.97 Å². The van der Waals surface area contributed by atoms with Crippen LogP contribution in [0.4, 0.5) is 5.95 Å². The fraction of sp³-hybridized carbons (Fsp3) is 0.188. The first kappa shape index (κ1) is 15.6. The number of hydrogen-bond donors (Lipinski definition) is 0. The van der Waals surface area contributed by atoms with E-state index >= 15 is 0 Å². The molecule has 0 unspecified atom stereocenters. The molecule has 0 N–H and O–H groups in total. The van der Waals surface area contributed by atoms with Gasteiger partial charge >= 0.3 is 5.97 Å². The minimum Gasteiger partial charge on any atom is -0.454 e. The van der Waals surface area contributed by atoms with Crippen LogP contribution in [0.1, 0.15) is 5.89 Å². The van der Waals surface area contributed by atoms with Crippen molar-refractivity contribution in [2.75, 3.05) is 18.5 Å². The zero-order valence-electron chi connectivity index (χ0n) is 13.0. The molecule has 0 saturated carbocycles. The van der Waals surface area contributed by atoms with Crippen molar-refractivity contribution in [2.24, 2.45) is 0 Å². The number of carbonyl (C=O) groups is 1. The first-order valence-corrected chi connectivity index (χ1v) is 7.24. The van der Waals surface area contributed by atoms with Crippen LogP contribution < -0.4 is 4.90 Å². The van der Waals surface area contributed by atoms with Gasteiger partial charge in [-0.3, -0.25) is 4.79 Å². The number of aromatic nitrogens is 4. The van der Waals surface area contributed by atoms with Crippen LogP contribution in [0.15, 0.2) is 53.3 Å². The molecule has 0 fully saturated rings. The van der Waals surface area contributed by atoms with Crippen molar-refractivity contribution >= 4 is 11.9 Å². The Morgan fingerprint density at radius 1 is 1.17 bits per heavy atom. The number of nitrogens with zero attached hydrogens (tertiary/aromatic N) is 5. The van der Waals surface area contributed by atoms with Gasteiger partial charge in [-0.1, -0.05) is 35.5 Å². The molecule has 8 heteroatoms. The SMILES string of the molecule is CN(CC(=O)OCc1nc(-c2ccccc2)no1)c1ncccn1. The van der Waals surface area contributed by atoms with E-state index in [0.29, 0.717) is 11.8 Å². The Kier molecular flexibility index (Phi) is 4.76. The van der Waals surface area contributed by atoms with Gasteiger partial charge in [0.1, 0.15) is 6.54 Å². The molecule has 3 aromatic rings. The van der Waals surface area contributed by atoms with Gasteiger partial charge in [0.15, 0.2) is 6.61 Å². The Bertz CT molecular complexity index is 792. The van der Waals surface area contributed by atoms with E-state index in [2.05, 4.69) is 20.1 Å².